The molecular formula is C15H18ClN3OS. The lowest BCUT2D eigenvalue weighted by atomic mass is 9.84. The van der Waals surface area contributed by atoms with Crippen LogP contribution in [0.5, 0.6) is 0 Å². The number of nitrogens with one attached hydrogen (secondary N) is 1. The zero-order chi connectivity index (χ0) is 15.5. The molecule has 0 saturated carbocycles. The van der Waals surface area contributed by atoms with Gasteiger partial charge in [-0.2, -0.15) is 0 Å². The highest BCUT2D eigenvalue weighted by Gasteiger charge is 2.22. The topological polar surface area (TPSA) is 68.0 Å². The molecule has 0 radical (unpaired) electrons. The van der Waals surface area contributed by atoms with Gasteiger partial charge in [0.15, 0.2) is 0 Å². The predicted octanol–water partition coefficient (Wildman–Crippen LogP) is 2.96. The minimum absolute atomic E-state index is 0.180. The van der Waals surface area contributed by atoms with Crippen molar-refractivity contribution in [1.82, 2.24) is 10.3 Å². The number of halogens is 1. The number of amides is 1. The number of nitrogens with two attached hydrogens (primary N) is 1. The Bertz CT molecular complexity index is 639. The molecule has 0 bridgehead atoms. The third-order valence-electron chi connectivity index (χ3n) is 3.26. The van der Waals surface area contributed by atoms with Crippen molar-refractivity contribution in [2.24, 2.45) is 5.73 Å². The Morgan fingerprint density at radius 2 is 2.24 bits per heavy atom. The van der Waals surface area contributed by atoms with Gasteiger partial charge in [0.25, 0.3) is 5.91 Å². The van der Waals surface area contributed by atoms with Crippen molar-refractivity contribution in [3.63, 3.8) is 0 Å². The first kappa shape index (κ1) is 15.9. The molecule has 0 unspecified atom stereocenters. The number of hydrogen-bond acceptors (Lipinski definition) is 4. The third kappa shape index (κ3) is 4.03. The van der Waals surface area contributed by atoms with Gasteiger partial charge in [0.05, 0.1) is 0 Å². The van der Waals surface area contributed by atoms with Crippen LogP contribution in [0.1, 0.15) is 34.9 Å². The van der Waals surface area contributed by atoms with Crippen molar-refractivity contribution >= 4 is 28.8 Å². The summed E-state index contributed by atoms with van der Waals surface area (Å²) in [4.78, 5) is 16.3. The van der Waals surface area contributed by atoms with Crippen molar-refractivity contribution in [2.75, 3.05) is 6.54 Å². The molecule has 112 valence electrons. The maximum Gasteiger partial charge on any atom is 0.270 e. The quantitative estimate of drug-likeness (QED) is 0.889. The second-order valence-electron chi connectivity index (χ2n) is 5.41. The lowest BCUT2D eigenvalue weighted by Gasteiger charge is -2.25. The molecule has 0 aliphatic heterocycles. The number of carbonyl (C=O) groups excluding carboxylic acids is 1. The maximum atomic E-state index is 12.1. The van der Waals surface area contributed by atoms with E-state index in [0.717, 1.165) is 10.6 Å². The van der Waals surface area contributed by atoms with Crippen LogP contribution >= 0.6 is 22.9 Å². The monoisotopic (exact) mass is 323 g/mol. The molecule has 0 fully saturated rings. The Kier molecular flexibility index (Phi) is 4.98. The van der Waals surface area contributed by atoms with Gasteiger partial charge in [-0.15, -0.1) is 11.3 Å². The van der Waals surface area contributed by atoms with Gasteiger partial charge in [0.1, 0.15) is 10.7 Å². The van der Waals surface area contributed by atoms with Crippen LogP contribution in [0.3, 0.4) is 0 Å². The van der Waals surface area contributed by atoms with Crippen LogP contribution in [0.25, 0.3) is 0 Å². The van der Waals surface area contributed by atoms with Crippen LogP contribution in [-0.4, -0.2) is 17.4 Å². The van der Waals surface area contributed by atoms with Gasteiger partial charge in [-0.25, -0.2) is 4.98 Å². The average molecular weight is 324 g/mol. The second-order valence-corrected chi connectivity index (χ2v) is 6.79. The fraction of sp³-hybridized carbons (Fsp3) is 0.333. The molecule has 1 aromatic heterocycles. The molecule has 0 aliphatic carbocycles. The molecule has 0 spiro atoms. The Hall–Kier alpha value is -1.43. The van der Waals surface area contributed by atoms with Crippen molar-refractivity contribution in [2.45, 2.75) is 25.8 Å². The number of rotatable bonds is 5. The molecule has 4 nitrogen and oxygen atoms in total. The average Bonchev–Trinajstić information content (AvgIpc) is 2.94. The lowest BCUT2D eigenvalue weighted by molar-refractivity contribution is 0.0941. The van der Waals surface area contributed by atoms with E-state index in [1.54, 1.807) is 5.38 Å². The molecule has 0 aliphatic rings. The van der Waals surface area contributed by atoms with Gasteiger partial charge < -0.3 is 11.1 Å². The summed E-state index contributed by atoms with van der Waals surface area (Å²) >= 11 is 7.42. The molecule has 1 heterocycles. The minimum atomic E-state index is -0.215. The molecule has 0 saturated heterocycles. The first-order valence-electron chi connectivity index (χ1n) is 6.61. The Labute approximate surface area is 133 Å². The van der Waals surface area contributed by atoms with Crippen LogP contribution in [0, 0.1) is 0 Å². The highest BCUT2D eigenvalue weighted by atomic mass is 35.5. The zero-order valence-electron chi connectivity index (χ0n) is 12.0. The van der Waals surface area contributed by atoms with Crippen molar-refractivity contribution in [1.29, 1.82) is 0 Å². The molecule has 1 amide bonds. The van der Waals surface area contributed by atoms with E-state index in [1.165, 1.54) is 11.3 Å². The van der Waals surface area contributed by atoms with Crippen molar-refractivity contribution in [3.8, 4) is 0 Å². The van der Waals surface area contributed by atoms with Crippen LogP contribution in [0.2, 0.25) is 5.02 Å². The second kappa shape index (κ2) is 6.56. The molecule has 3 N–H and O–H groups in total. The fourth-order valence-electron chi connectivity index (χ4n) is 1.91. The first-order valence-corrected chi connectivity index (χ1v) is 7.87. The van der Waals surface area contributed by atoms with E-state index >= 15 is 0 Å². The molecule has 2 rings (SSSR count). The molecule has 2 aromatic rings. The number of hydrogen-bond donors (Lipinski definition) is 2. The molecule has 1 aromatic carbocycles. The van der Waals surface area contributed by atoms with Crippen LogP contribution < -0.4 is 11.1 Å². The first-order chi connectivity index (χ1) is 9.92. The summed E-state index contributed by atoms with van der Waals surface area (Å²) < 4.78 is 0. The highest BCUT2D eigenvalue weighted by molar-refractivity contribution is 7.09. The summed E-state index contributed by atoms with van der Waals surface area (Å²) in [7, 11) is 0. The largest absolute Gasteiger partial charge is 0.350 e. The van der Waals surface area contributed by atoms with Gasteiger partial charge in [-0.05, 0) is 17.7 Å². The summed E-state index contributed by atoms with van der Waals surface area (Å²) in [6.07, 6.45) is 0. The molecule has 21 heavy (non-hydrogen) atoms. The third-order valence-corrected chi connectivity index (χ3v) is 4.36. The van der Waals surface area contributed by atoms with Crippen LogP contribution in [0.15, 0.2) is 29.6 Å². The SMILES string of the molecule is CC(C)(CNC(=O)c1csc(CN)n1)c1cccc(Cl)c1. The number of carbonyl (C=O) groups is 1. The van der Waals surface area contributed by atoms with Crippen molar-refractivity contribution in [3.05, 3.63) is 50.9 Å². The Morgan fingerprint density at radius 1 is 1.48 bits per heavy atom. The summed E-state index contributed by atoms with van der Waals surface area (Å²) in [6, 6.07) is 7.68. The van der Waals surface area contributed by atoms with Gasteiger partial charge >= 0.3 is 0 Å². The summed E-state index contributed by atoms with van der Waals surface area (Å²) in [6.45, 7) is 4.98. The van der Waals surface area contributed by atoms with Crippen LogP contribution in [0.4, 0.5) is 0 Å². The van der Waals surface area contributed by atoms with E-state index in [-0.39, 0.29) is 11.3 Å². The Balaban J connectivity index is 2.02. The van der Waals surface area contributed by atoms with Gasteiger partial charge in [-0.3, -0.25) is 4.79 Å². The minimum Gasteiger partial charge on any atom is -0.350 e. The maximum absolute atomic E-state index is 12.1. The van der Waals surface area contributed by atoms with E-state index in [0.29, 0.717) is 23.8 Å². The van der Waals surface area contributed by atoms with Crippen molar-refractivity contribution < 1.29 is 4.79 Å². The zero-order valence-corrected chi connectivity index (χ0v) is 13.6. The van der Waals surface area contributed by atoms with E-state index in [2.05, 4.69) is 24.1 Å². The normalized spacial score (nSPS) is 11.4. The number of thiazole rings is 1. The summed E-state index contributed by atoms with van der Waals surface area (Å²) in [5.41, 5.74) is 6.78. The fourth-order valence-corrected chi connectivity index (χ4v) is 2.76. The number of nitrogens with zero attached hydrogens (tertiary/aromatic N) is 1. The van der Waals surface area contributed by atoms with E-state index < -0.39 is 0 Å². The van der Waals surface area contributed by atoms with Gasteiger partial charge in [0, 0.05) is 28.9 Å². The Morgan fingerprint density at radius 3 is 2.86 bits per heavy atom. The highest BCUT2D eigenvalue weighted by Crippen LogP contribution is 2.25. The van der Waals surface area contributed by atoms with Crippen LogP contribution in [-0.2, 0) is 12.0 Å². The van der Waals surface area contributed by atoms with Gasteiger partial charge in [-0.1, -0.05) is 37.6 Å². The predicted molar refractivity (Wildman–Crippen MR) is 86.8 cm³/mol. The summed E-state index contributed by atoms with van der Waals surface area (Å²) in [5.74, 6) is -0.180. The lowest BCUT2D eigenvalue weighted by Crippen LogP contribution is -2.36. The van der Waals surface area contributed by atoms with E-state index in [4.69, 9.17) is 17.3 Å². The van der Waals surface area contributed by atoms with Gasteiger partial charge in [0.2, 0.25) is 0 Å². The number of benzene rings is 1. The molecule has 6 heteroatoms. The smallest absolute Gasteiger partial charge is 0.270 e. The molecule has 0 atom stereocenters. The van der Waals surface area contributed by atoms with E-state index in [1.807, 2.05) is 24.3 Å². The van der Waals surface area contributed by atoms with E-state index in [9.17, 15) is 4.79 Å². The summed E-state index contributed by atoms with van der Waals surface area (Å²) in [5, 5.41) is 6.09. The standard InChI is InChI=1S/C15H18ClN3OS/c1-15(2,10-4-3-5-11(16)6-10)9-18-14(20)12-8-21-13(7-17)19-12/h3-6,8H,7,9,17H2,1-2H3,(H,18,20). The molecular weight excluding hydrogens is 306 g/mol. The number of aromatic nitrogens is 1.